The number of nitrogens with zero attached hydrogens (tertiary/aromatic N) is 1. The second-order valence-corrected chi connectivity index (χ2v) is 4.84. The number of hydrogen-bond donors (Lipinski definition) is 1. The lowest BCUT2D eigenvalue weighted by Crippen LogP contribution is -2.43. The van der Waals surface area contributed by atoms with Crippen LogP contribution < -0.4 is 5.32 Å². The van der Waals surface area contributed by atoms with Crippen LogP contribution in [0.5, 0.6) is 0 Å². The van der Waals surface area contributed by atoms with Gasteiger partial charge in [0.05, 0.1) is 0 Å². The highest BCUT2D eigenvalue weighted by Crippen LogP contribution is 2.32. The van der Waals surface area contributed by atoms with E-state index >= 15 is 0 Å². The standard InChI is InChI=1S/C12H24N2/c1-2-14(10-7-11-3-4-11)12-5-8-13-9-6-12/h11-13H,2-10H2,1H3. The molecule has 0 amide bonds. The van der Waals surface area contributed by atoms with Crippen molar-refractivity contribution in [2.45, 2.75) is 45.1 Å². The molecule has 1 aliphatic carbocycles. The zero-order valence-corrected chi connectivity index (χ0v) is 9.47. The van der Waals surface area contributed by atoms with Gasteiger partial charge >= 0.3 is 0 Å². The second-order valence-electron chi connectivity index (χ2n) is 4.84. The van der Waals surface area contributed by atoms with Crippen LogP contribution in [0.3, 0.4) is 0 Å². The van der Waals surface area contributed by atoms with Crippen LogP contribution in [0.25, 0.3) is 0 Å². The van der Waals surface area contributed by atoms with Crippen LogP contribution >= 0.6 is 0 Å². The second kappa shape index (κ2) is 5.13. The maximum absolute atomic E-state index is 3.44. The van der Waals surface area contributed by atoms with Gasteiger partial charge in [-0.15, -0.1) is 0 Å². The number of piperidine rings is 1. The molecular formula is C12H24N2. The number of hydrogen-bond acceptors (Lipinski definition) is 2. The molecule has 1 N–H and O–H groups in total. The lowest BCUT2D eigenvalue weighted by Gasteiger charge is -2.33. The maximum atomic E-state index is 3.44. The van der Waals surface area contributed by atoms with Crippen LogP contribution in [0.15, 0.2) is 0 Å². The first-order valence-corrected chi connectivity index (χ1v) is 6.35. The van der Waals surface area contributed by atoms with E-state index in [2.05, 4.69) is 17.1 Å². The van der Waals surface area contributed by atoms with Crippen LogP contribution in [0.1, 0.15) is 39.0 Å². The van der Waals surface area contributed by atoms with Gasteiger partial charge in [0.25, 0.3) is 0 Å². The third-order valence-electron chi connectivity index (χ3n) is 3.75. The minimum Gasteiger partial charge on any atom is -0.317 e. The van der Waals surface area contributed by atoms with Crippen molar-refractivity contribution >= 4 is 0 Å². The van der Waals surface area contributed by atoms with Gasteiger partial charge in [-0.25, -0.2) is 0 Å². The Kier molecular flexibility index (Phi) is 3.82. The highest BCUT2D eigenvalue weighted by atomic mass is 15.2. The predicted octanol–water partition coefficient (Wildman–Crippen LogP) is 1.86. The molecule has 1 saturated carbocycles. The van der Waals surface area contributed by atoms with Gasteiger partial charge in [-0.1, -0.05) is 19.8 Å². The lowest BCUT2D eigenvalue weighted by atomic mass is 10.0. The zero-order chi connectivity index (χ0) is 9.80. The Morgan fingerprint density at radius 3 is 2.43 bits per heavy atom. The number of rotatable bonds is 5. The van der Waals surface area contributed by atoms with Gasteiger partial charge in [0.2, 0.25) is 0 Å². The van der Waals surface area contributed by atoms with E-state index in [4.69, 9.17) is 0 Å². The van der Waals surface area contributed by atoms with E-state index in [0.717, 1.165) is 12.0 Å². The first kappa shape index (κ1) is 10.4. The Labute approximate surface area is 88.1 Å². The molecule has 1 saturated heterocycles. The van der Waals surface area contributed by atoms with E-state index in [0.29, 0.717) is 0 Å². The summed E-state index contributed by atoms with van der Waals surface area (Å²) in [5.41, 5.74) is 0. The van der Waals surface area contributed by atoms with E-state index in [9.17, 15) is 0 Å². The summed E-state index contributed by atoms with van der Waals surface area (Å²) >= 11 is 0. The molecule has 2 fully saturated rings. The van der Waals surface area contributed by atoms with Gasteiger partial charge in [0.1, 0.15) is 0 Å². The summed E-state index contributed by atoms with van der Waals surface area (Å²) in [4.78, 5) is 2.71. The molecule has 2 nitrogen and oxygen atoms in total. The van der Waals surface area contributed by atoms with E-state index < -0.39 is 0 Å². The van der Waals surface area contributed by atoms with Crippen molar-refractivity contribution in [3.05, 3.63) is 0 Å². The van der Waals surface area contributed by atoms with Crippen LogP contribution in [-0.2, 0) is 0 Å². The van der Waals surface area contributed by atoms with E-state index in [-0.39, 0.29) is 0 Å². The summed E-state index contributed by atoms with van der Waals surface area (Å²) in [6, 6.07) is 0.875. The number of nitrogens with one attached hydrogen (secondary N) is 1. The molecule has 0 aromatic heterocycles. The summed E-state index contributed by atoms with van der Waals surface area (Å²) in [6.45, 7) is 7.37. The molecule has 0 spiro atoms. The van der Waals surface area contributed by atoms with Crippen LogP contribution in [0.4, 0.5) is 0 Å². The van der Waals surface area contributed by atoms with Crippen molar-refractivity contribution in [2.75, 3.05) is 26.2 Å². The fourth-order valence-electron chi connectivity index (χ4n) is 2.53. The van der Waals surface area contributed by atoms with Gasteiger partial charge in [0.15, 0.2) is 0 Å². The predicted molar refractivity (Wildman–Crippen MR) is 60.5 cm³/mol. The molecule has 2 heteroatoms. The molecule has 14 heavy (non-hydrogen) atoms. The normalized spacial score (nSPS) is 24.4. The molecule has 0 bridgehead atoms. The summed E-state index contributed by atoms with van der Waals surface area (Å²) in [7, 11) is 0. The highest BCUT2D eigenvalue weighted by Gasteiger charge is 2.24. The quantitative estimate of drug-likeness (QED) is 0.722. The molecule has 1 heterocycles. The maximum Gasteiger partial charge on any atom is 0.0119 e. The smallest absolute Gasteiger partial charge is 0.0119 e. The molecule has 82 valence electrons. The third kappa shape index (κ3) is 2.96. The third-order valence-corrected chi connectivity index (χ3v) is 3.75. The average molecular weight is 196 g/mol. The van der Waals surface area contributed by atoms with Crippen molar-refractivity contribution in [2.24, 2.45) is 5.92 Å². The van der Waals surface area contributed by atoms with E-state index in [1.807, 2.05) is 0 Å². The first-order valence-electron chi connectivity index (χ1n) is 6.35. The van der Waals surface area contributed by atoms with E-state index in [1.54, 1.807) is 0 Å². The Balaban J connectivity index is 1.71. The molecule has 0 aromatic rings. The van der Waals surface area contributed by atoms with Gasteiger partial charge in [0, 0.05) is 6.04 Å². The minimum absolute atomic E-state index is 0.875. The molecular weight excluding hydrogens is 172 g/mol. The largest absolute Gasteiger partial charge is 0.317 e. The van der Waals surface area contributed by atoms with Crippen molar-refractivity contribution < 1.29 is 0 Å². The Morgan fingerprint density at radius 1 is 1.14 bits per heavy atom. The molecule has 2 rings (SSSR count). The molecule has 0 unspecified atom stereocenters. The fourth-order valence-corrected chi connectivity index (χ4v) is 2.53. The first-order chi connectivity index (χ1) is 6.90. The van der Waals surface area contributed by atoms with E-state index in [1.165, 1.54) is 58.3 Å². The van der Waals surface area contributed by atoms with Crippen LogP contribution in [-0.4, -0.2) is 37.1 Å². The SMILES string of the molecule is CCN(CCC1CC1)C1CCNCC1. The summed E-state index contributed by atoms with van der Waals surface area (Å²) in [5, 5.41) is 3.44. The van der Waals surface area contributed by atoms with Crippen molar-refractivity contribution in [1.29, 1.82) is 0 Å². The highest BCUT2D eigenvalue weighted by molar-refractivity contribution is 4.80. The van der Waals surface area contributed by atoms with Crippen LogP contribution in [0, 0.1) is 5.92 Å². The summed E-state index contributed by atoms with van der Waals surface area (Å²) in [6.07, 6.45) is 7.18. The topological polar surface area (TPSA) is 15.3 Å². The minimum atomic E-state index is 0.875. The van der Waals surface area contributed by atoms with Crippen molar-refractivity contribution in [1.82, 2.24) is 10.2 Å². The average Bonchev–Trinajstić information content (AvgIpc) is 3.04. The Bertz CT molecular complexity index is 160. The molecule has 2 aliphatic rings. The van der Waals surface area contributed by atoms with Crippen molar-refractivity contribution in [3.8, 4) is 0 Å². The van der Waals surface area contributed by atoms with Gasteiger partial charge < -0.3 is 10.2 Å². The van der Waals surface area contributed by atoms with Crippen molar-refractivity contribution in [3.63, 3.8) is 0 Å². The summed E-state index contributed by atoms with van der Waals surface area (Å²) in [5.74, 6) is 1.09. The molecule has 1 aliphatic heterocycles. The summed E-state index contributed by atoms with van der Waals surface area (Å²) < 4.78 is 0. The Hall–Kier alpha value is -0.0800. The zero-order valence-electron chi connectivity index (χ0n) is 9.47. The van der Waals surface area contributed by atoms with Crippen LogP contribution in [0.2, 0.25) is 0 Å². The molecule has 0 aromatic carbocycles. The monoisotopic (exact) mass is 196 g/mol. The fraction of sp³-hybridized carbons (Fsp3) is 1.00. The van der Waals surface area contributed by atoms with Gasteiger partial charge in [-0.05, 0) is 51.4 Å². The van der Waals surface area contributed by atoms with Gasteiger partial charge in [-0.2, -0.15) is 0 Å². The lowest BCUT2D eigenvalue weighted by molar-refractivity contribution is 0.166. The van der Waals surface area contributed by atoms with Gasteiger partial charge in [-0.3, -0.25) is 0 Å². The Morgan fingerprint density at radius 2 is 1.86 bits per heavy atom. The molecule has 0 radical (unpaired) electrons. The molecule has 0 atom stereocenters.